The highest BCUT2D eigenvalue weighted by molar-refractivity contribution is 5.35. The fourth-order valence-electron chi connectivity index (χ4n) is 2.91. The van der Waals surface area contributed by atoms with Gasteiger partial charge in [-0.2, -0.15) is 26.3 Å². The number of likely N-dealkylation sites (tertiary alicyclic amines) is 1. The molecule has 2 nitrogen and oxygen atoms in total. The van der Waals surface area contributed by atoms with Gasteiger partial charge >= 0.3 is 12.4 Å². The largest absolute Gasteiger partial charge is 0.416 e. The van der Waals surface area contributed by atoms with Crippen molar-refractivity contribution in [3.8, 4) is 0 Å². The van der Waals surface area contributed by atoms with Crippen LogP contribution in [0.25, 0.3) is 0 Å². The molecule has 0 aliphatic carbocycles. The average molecular weight is 355 g/mol. The first-order valence-corrected chi connectivity index (χ1v) is 7.72. The van der Waals surface area contributed by atoms with Gasteiger partial charge in [-0.15, -0.1) is 0 Å². The highest BCUT2D eigenvalue weighted by Crippen LogP contribution is 2.37. The Morgan fingerprint density at radius 3 is 2.12 bits per heavy atom. The van der Waals surface area contributed by atoms with Crippen LogP contribution in [0.4, 0.5) is 26.3 Å². The molecule has 0 radical (unpaired) electrons. The normalized spacial score (nSPS) is 18.1. The van der Waals surface area contributed by atoms with Crippen molar-refractivity contribution in [3.63, 3.8) is 0 Å². The summed E-state index contributed by atoms with van der Waals surface area (Å²) in [6, 6.07) is 1.81. The summed E-state index contributed by atoms with van der Waals surface area (Å²) in [5, 5.41) is 9.07. The second-order valence-electron chi connectivity index (χ2n) is 6.09. The van der Waals surface area contributed by atoms with Crippen LogP contribution in [0.2, 0.25) is 0 Å². The Hall–Kier alpha value is -1.28. The Kier molecular flexibility index (Phi) is 5.80. The van der Waals surface area contributed by atoms with Gasteiger partial charge in [-0.1, -0.05) is 6.07 Å². The molecule has 1 fully saturated rings. The van der Waals surface area contributed by atoms with Crippen LogP contribution in [-0.2, 0) is 18.8 Å². The minimum absolute atomic E-state index is 0.0385. The lowest BCUT2D eigenvalue weighted by Crippen LogP contribution is -2.36. The number of halogens is 6. The van der Waals surface area contributed by atoms with Crippen LogP contribution in [0, 0.1) is 5.92 Å². The number of alkyl halides is 6. The van der Waals surface area contributed by atoms with E-state index in [0.717, 1.165) is 18.9 Å². The van der Waals surface area contributed by atoms with E-state index < -0.39 is 23.5 Å². The molecule has 0 bridgehead atoms. The fourth-order valence-corrected chi connectivity index (χ4v) is 2.91. The molecule has 0 amide bonds. The minimum Gasteiger partial charge on any atom is -0.396 e. The van der Waals surface area contributed by atoms with Crippen LogP contribution in [0.5, 0.6) is 0 Å². The number of nitrogens with zero attached hydrogens (tertiary/aromatic N) is 1. The van der Waals surface area contributed by atoms with Gasteiger partial charge in [0.15, 0.2) is 0 Å². The number of hydrogen-bond acceptors (Lipinski definition) is 2. The maximum atomic E-state index is 13.1. The Morgan fingerprint density at radius 1 is 1.00 bits per heavy atom. The second-order valence-corrected chi connectivity index (χ2v) is 6.09. The average Bonchev–Trinajstić information content (AvgIpc) is 2.51. The summed E-state index contributed by atoms with van der Waals surface area (Å²) < 4.78 is 77.1. The smallest absolute Gasteiger partial charge is 0.396 e. The molecule has 1 saturated heterocycles. The van der Waals surface area contributed by atoms with Gasteiger partial charge in [0.25, 0.3) is 0 Å². The maximum absolute atomic E-state index is 13.1. The SMILES string of the molecule is OCC1CCN(CCc2ccc(C(F)(F)F)cc2C(F)(F)F)CC1. The lowest BCUT2D eigenvalue weighted by molar-refractivity contribution is -0.143. The summed E-state index contributed by atoms with van der Waals surface area (Å²) in [5.74, 6) is 0.220. The number of hydrogen-bond donors (Lipinski definition) is 1. The Balaban J connectivity index is 2.09. The summed E-state index contributed by atoms with van der Waals surface area (Å²) in [7, 11) is 0. The Bertz CT molecular complexity index is 546. The van der Waals surface area contributed by atoms with Gasteiger partial charge in [0.2, 0.25) is 0 Å². The zero-order valence-corrected chi connectivity index (χ0v) is 12.9. The van der Waals surface area contributed by atoms with E-state index in [1.165, 1.54) is 0 Å². The van der Waals surface area contributed by atoms with Gasteiger partial charge in [-0.05, 0) is 56.0 Å². The Morgan fingerprint density at radius 2 is 1.62 bits per heavy atom. The lowest BCUT2D eigenvalue weighted by atomic mass is 9.96. The quantitative estimate of drug-likeness (QED) is 0.826. The third kappa shape index (κ3) is 4.86. The third-order valence-electron chi connectivity index (χ3n) is 4.41. The van der Waals surface area contributed by atoms with Crippen molar-refractivity contribution in [1.82, 2.24) is 4.90 Å². The summed E-state index contributed by atoms with van der Waals surface area (Å²) in [6.45, 7) is 1.80. The van der Waals surface area contributed by atoms with Crippen LogP contribution >= 0.6 is 0 Å². The molecular formula is C16H19F6NO. The molecule has 8 heteroatoms. The van der Waals surface area contributed by atoms with Gasteiger partial charge in [0, 0.05) is 13.2 Å². The summed E-state index contributed by atoms with van der Waals surface area (Å²) in [4.78, 5) is 1.98. The fraction of sp³-hybridized carbons (Fsp3) is 0.625. The maximum Gasteiger partial charge on any atom is 0.416 e. The van der Waals surface area contributed by atoms with Crippen LogP contribution in [-0.4, -0.2) is 36.2 Å². The van der Waals surface area contributed by atoms with Gasteiger partial charge in [0.05, 0.1) is 11.1 Å². The number of aliphatic hydroxyl groups is 1. The zero-order chi connectivity index (χ0) is 18.0. The molecule has 0 atom stereocenters. The molecule has 1 aliphatic heterocycles. The lowest BCUT2D eigenvalue weighted by Gasteiger charge is -2.31. The van der Waals surface area contributed by atoms with E-state index in [2.05, 4.69) is 0 Å². The van der Waals surface area contributed by atoms with Gasteiger partial charge < -0.3 is 10.0 Å². The topological polar surface area (TPSA) is 23.5 Å². The molecule has 24 heavy (non-hydrogen) atoms. The van der Waals surface area contributed by atoms with E-state index in [9.17, 15) is 26.3 Å². The molecule has 0 aromatic heterocycles. The Labute approximate surface area is 136 Å². The first-order valence-electron chi connectivity index (χ1n) is 7.72. The minimum atomic E-state index is -4.82. The summed E-state index contributed by atoms with van der Waals surface area (Å²) in [6.07, 6.45) is -8.03. The first kappa shape index (κ1) is 19.1. The molecule has 0 spiro atoms. The van der Waals surface area contributed by atoms with Crippen molar-refractivity contribution in [2.45, 2.75) is 31.6 Å². The summed E-state index contributed by atoms with van der Waals surface area (Å²) >= 11 is 0. The van der Waals surface area contributed by atoms with Crippen LogP contribution in [0.3, 0.4) is 0 Å². The molecule has 136 valence electrons. The van der Waals surface area contributed by atoms with Crippen molar-refractivity contribution in [2.24, 2.45) is 5.92 Å². The molecular weight excluding hydrogens is 336 g/mol. The van der Waals surface area contributed by atoms with E-state index in [0.29, 0.717) is 25.7 Å². The van der Waals surface area contributed by atoms with Crippen molar-refractivity contribution in [3.05, 3.63) is 34.9 Å². The molecule has 2 rings (SSSR count). The molecule has 1 aliphatic rings. The van der Waals surface area contributed by atoms with E-state index in [-0.39, 0.29) is 30.6 Å². The molecule has 1 aromatic carbocycles. The second kappa shape index (κ2) is 7.31. The number of rotatable bonds is 4. The van der Waals surface area contributed by atoms with E-state index in [1.54, 1.807) is 0 Å². The van der Waals surface area contributed by atoms with Crippen molar-refractivity contribution in [2.75, 3.05) is 26.2 Å². The van der Waals surface area contributed by atoms with Crippen molar-refractivity contribution >= 4 is 0 Å². The van der Waals surface area contributed by atoms with E-state index in [1.807, 2.05) is 4.90 Å². The van der Waals surface area contributed by atoms with Gasteiger partial charge in [-0.3, -0.25) is 0 Å². The number of aliphatic hydroxyl groups excluding tert-OH is 1. The summed E-state index contributed by atoms with van der Waals surface area (Å²) in [5.41, 5.74) is -2.63. The number of benzene rings is 1. The van der Waals surface area contributed by atoms with Crippen LogP contribution in [0.1, 0.15) is 29.5 Å². The van der Waals surface area contributed by atoms with Crippen molar-refractivity contribution < 1.29 is 31.4 Å². The predicted molar refractivity (Wildman–Crippen MR) is 76.4 cm³/mol. The predicted octanol–water partition coefficient (Wildman–Crippen LogP) is 3.97. The zero-order valence-electron chi connectivity index (χ0n) is 12.9. The molecule has 1 N–H and O–H groups in total. The van der Waals surface area contributed by atoms with E-state index >= 15 is 0 Å². The molecule has 0 saturated carbocycles. The molecule has 1 aromatic rings. The van der Waals surface area contributed by atoms with E-state index in [4.69, 9.17) is 5.11 Å². The van der Waals surface area contributed by atoms with Gasteiger partial charge in [-0.25, -0.2) is 0 Å². The first-order chi connectivity index (χ1) is 11.1. The third-order valence-corrected chi connectivity index (χ3v) is 4.41. The molecule has 0 unspecified atom stereocenters. The number of piperidine rings is 1. The highest BCUT2D eigenvalue weighted by atomic mass is 19.4. The molecule has 1 heterocycles. The standard InChI is InChI=1S/C16H19F6NO/c17-15(18,19)13-2-1-12(14(9-13)16(20,21)22)5-8-23-6-3-11(10-24)4-7-23/h1-2,9,11,24H,3-8,10H2. The monoisotopic (exact) mass is 355 g/mol. The van der Waals surface area contributed by atoms with Crippen LogP contribution in [0.15, 0.2) is 18.2 Å². The van der Waals surface area contributed by atoms with Crippen molar-refractivity contribution in [1.29, 1.82) is 0 Å². The van der Waals surface area contributed by atoms with Gasteiger partial charge in [0.1, 0.15) is 0 Å². The highest BCUT2D eigenvalue weighted by Gasteiger charge is 2.38. The van der Waals surface area contributed by atoms with Crippen LogP contribution < -0.4 is 0 Å².